The number of hydrogen-bond donors (Lipinski definition) is 1. The third kappa shape index (κ3) is 4.28. The zero-order valence-electron chi connectivity index (χ0n) is 23.7. The summed E-state index contributed by atoms with van der Waals surface area (Å²) >= 11 is 1.29. The van der Waals surface area contributed by atoms with Gasteiger partial charge in [-0.1, -0.05) is 62.4 Å². The number of benzene rings is 2. The number of Topliss-reactive ketones (excluding diaryl/α,β-unsaturated/α-hetero) is 1. The van der Waals surface area contributed by atoms with Gasteiger partial charge in [0.05, 0.1) is 34.6 Å². The van der Waals surface area contributed by atoms with Gasteiger partial charge in [0.25, 0.3) is 5.78 Å². The molecule has 1 atom stereocenters. The number of aryl methyl sites for hydroxylation is 2. The topological polar surface area (TPSA) is 97.0 Å². The van der Waals surface area contributed by atoms with E-state index in [0.717, 1.165) is 15.8 Å². The van der Waals surface area contributed by atoms with Crippen molar-refractivity contribution in [3.63, 3.8) is 0 Å². The van der Waals surface area contributed by atoms with Gasteiger partial charge >= 0.3 is 5.91 Å². The van der Waals surface area contributed by atoms with Crippen molar-refractivity contribution in [2.75, 3.05) is 12.0 Å². The number of aromatic nitrogens is 3. The van der Waals surface area contributed by atoms with Crippen LogP contribution in [0.25, 0.3) is 21.6 Å². The molecule has 1 saturated heterocycles. The largest absolute Gasteiger partial charge is 0.505 e. The highest BCUT2D eigenvalue weighted by Gasteiger charge is 2.48. The smallest absolute Gasteiger partial charge is 0.301 e. The summed E-state index contributed by atoms with van der Waals surface area (Å²) in [7, 11) is 1.59. The Morgan fingerprint density at radius 1 is 1.02 bits per heavy atom. The van der Waals surface area contributed by atoms with Crippen LogP contribution in [-0.4, -0.2) is 38.3 Å². The molecule has 0 spiro atoms. The van der Waals surface area contributed by atoms with Gasteiger partial charge in [-0.25, -0.2) is 9.97 Å². The average Bonchev–Trinajstić information content (AvgIpc) is 3.60. The molecule has 4 heterocycles. The number of thiazole rings is 1. The second-order valence-corrected chi connectivity index (χ2v) is 12.3. The minimum absolute atomic E-state index is 0.0143. The Bertz CT molecular complexity index is 1890. The molecule has 208 valence electrons. The first-order chi connectivity index (χ1) is 19.5. The van der Waals surface area contributed by atoms with E-state index in [4.69, 9.17) is 9.72 Å². The zero-order chi connectivity index (χ0) is 29.2. The van der Waals surface area contributed by atoms with Gasteiger partial charge in [-0.2, -0.15) is 0 Å². The lowest BCUT2D eigenvalue weighted by molar-refractivity contribution is -0.132. The average molecular weight is 567 g/mol. The van der Waals surface area contributed by atoms with Gasteiger partial charge in [0, 0.05) is 6.20 Å². The van der Waals surface area contributed by atoms with Crippen LogP contribution in [0.1, 0.15) is 54.9 Å². The molecule has 3 aromatic heterocycles. The van der Waals surface area contributed by atoms with Crippen LogP contribution < -0.4 is 9.64 Å². The summed E-state index contributed by atoms with van der Waals surface area (Å²) in [6.07, 6.45) is 1.86. The Kier molecular flexibility index (Phi) is 6.22. The van der Waals surface area contributed by atoms with Crippen molar-refractivity contribution in [1.82, 2.24) is 14.4 Å². The van der Waals surface area contributed by atoms with Gasteiger partial charge in [0.2, 0.25) is 0 Å². The molecule has 0 radical (unpaired) electrons. The normalized spacial score (nSPS) is 17.2. The van der Waals surface area contributed by atoms with Crippen LogP contribution in [0, 0.1) is 13.8 Å². The Balaban J connectivity index is 1.58. The predicted octanol–water partition coefficient (Wildman–Crippen LogP) is 6.49. The monoisotopic (exact) mass is 566 g/mol. The number of aliphatic hydroxyl groups excluding tert-OH is 1. The molecule has 0 saturated carbocycles. The number of ketones is 1. The Morgan fingerprint density at radius 2 is 1.76 bits per heavy atom. The zero-order valence-corrected chi connectivity index (χ0v) is 24.5. The van der Waals surface area contributed by atoms with Crippen molar-refractivity contribution in [3.8, 4) is 5.75 Å². The van der Waals surface area contributed by atoms with E-state index in [2.05, 4.69) is 25.8 Å². The van der Waals surface area contributed by atoms with Gasteiger partial charge < -0.3 is 14.2 Å². The minimum Gasteiger partial charge on any atom is -0.505 e. The van der Waals surface area contributed by atoms with Gasteiger partial charge in [0.1, 0.15) is 17.1 Å². The first-order valence-electron chi connectivity index (χ1n) is 13.3. The summed E-state index contributed by atoms with van der Waals surface area (Å²) < 4.78 is 8.05. The number of fused-ring (bicyclic) bond motifs is 2. The van der Waals surface area contributed by atoms with Gasteiger partial charge in [-0.3, -0.25) is 14.5 Å². The number of rotatable bonds is 4. The lowest BCUT2D eigenvalue weighted by Crippen LogP contribution is -2.29. The molecule has 41 heavy (non-hydrogen) atoms. The third-order valence-electron chi connectivity index (χ3n) is 7.64. The number of aliphatic hydroxyl groups is 1. The van der Waals surface area contributed by atoms with Crippen LogP contribution in [0.2, 0.25) is 0 Å². The quantitative estimate of drug-likeness (QED) is 0.152. The summed E-state index contributed by atoms with van der Waals surface area (Å²) in [5, 5.41) is 12.1. The second kappa shape index (κ2) is 9.55. The molecule has 1 aliphatic rings. The van der Waals surface area contributed by atoms with E-state index in [1.165, 1.54) is 16.2 Å². The molecule has 0 bridgehead atoms. The Labute approximate surface area is 241 Å². The van der Waals surface area contributed by atoms with Gasteiger partial charge in [-0.15, -0.1) is 0 Å². The minimum atomic E-state index is -0.892. The van der Waals surface area contributed by atoms with E-state index in [0.29, 0.717) is 33.3 Å². The molecular weight excluding hydrogens is 536 g/mol. The molecule has 1 unspecified atom stereocenters. The molecule has 1 aliphatic heterocycles. The van der Waals surface area contributed by atoms with Gasteiger partial charge in [-0.05, 0) is 60.2 Å². The van der Waals surface area contributed by atoms with E-state index in [1.54, 1.807) is 13.2 Å². The molecule has 0 aliphatic carbocycles. The maximum absolute atomic E-state index is 13.7. The fourth-order valence-corrected chi connectivity index (χ4v) is 6.33. The SMILES string of the molecule is COc1ccc2nc(N3C(=O)C(=O)/C(=C(/O)c4nc5c(C)cccn5c4C)C3c3ccc(C(C)(C)C)cc3)sc2c1. The lowest BCUT2D eigenvalue weighted by Gasteiger charge is -2.24. The summed E-state index contributed by atoms with van der Waals surface area (Å²) in [5.74, 6) is -1.17. The second-order valence-electron chi connectivity index (χ2n) is 11.3. The molecule has 6 rings (SSSR count). The summed E-state index contributed by atoms with van der Waals surface area (Å²) in [5.41, 5.74) is 4.91. The number of imidazole rings is 1. The molecule has 1 N–H and O–H groups in total. The van der Waals surface area contributed by atoms with Crippen molar-refractivity contribution in [2.45, 2.75) is 46.1 Å². The van der Waals surface area contributed by atoms with Crippen molar-refractivity contribution in [1.29, 1.82) is 0 Å². The van der Waals surface area contributed by atoms with E-state index in [1.807, 2.05) is 73.0 Å². The predicted molar refractivity (Wildman–Crippen MR) is 161 cm³/mol. The maximum atomic E-state index is 13.7. The number of methoxy groups -OCH3 is 1. The highest BCUT2D eigenvalue weighted by molar-refractivity contribution is 7.22. The number of pyridine rings is 1. The molecule has 2 aromatic carbocycles. The number of amides is 1. The van der Waals surface area contributed by atoms with Crippen molar-refractivity contribution >= 4 is 49.8 Å². The molecule has 5 aromatic rings. The number of hydrogen-bond acceptors (Lipinski definition) is 7. The number of ether oxygens (including phenoxy) is 1. The molecule has 1 amide bonds. The Hall–Kier alpha value is -4.50. The molecule has 8 nitrogen and oxygen atoms in total. The number of anilines is 1. The van der Waals surface area contributed by atoms with E-state index < -0.39 is 17.7 Å². The highest BCUT2D eigenvalue weighted by atomic mass is 32.1. The van der Waals surface area contributed by atoms with Crippen LogP contribution in [0.5, 0.6) is 5.75 Å². The van der Waals surface area contributed by atoms with Crippen LogP contribution in [0.3, 0.4) is 0 Å². The van der Waals surface area contributed by atoms with Crippen LogP contribution in [0.4, 0.5) is 5.13 Å². The van der Waals surface area contributed by atoms with Crippen molar-refractivity contribution in [3.05, 3.63) is 94.4 Å². The number of nitrogens with zero attached hydrogens (tertiary/aromatic N) is 4. The molecule has 9 heteroatoms. The fraction of sp³-hybridized carbons (Fsp3) is 0.250. The van der Waals surface area contributed by atoms with Crippen molar-refractivity contribution < 1.29 is 19.4 Å². The van der Waals surface area contributed by atoms with Crippen molar-refractivity contribution in [2.24, 2.45) is 0 Å². The lowest BCUT2D eigenvalue weighted by atomic mass is 9.85. The van der Waals surface area contributed by atoms with Crippen LogP contribution in [0.15, 0.2) is 66.4 Å². The van der Waals surface area contributed by atoms with Gasteiger partial charge in [0.15, 0.2) is 10.9 Å². The number of carbonyl (C=O) groups is 2. The van der Waals surface area contributed by atoms with E-state index in [-0.39, 0.29) is 22.4 Å². The molecular formula is C32H30N4O4S. The summed E-state index contributed by atoms with van der Waals surface area (Å²) in [6.45, 7) is 10.1. The Morgan fingerprint density at radius 3 is 2.41 bits per heavy atom. The van der Waals surface area contributed by atoms with Crippen LogP contribution in [-0.2, 0) is 15.0 Å². The first-order valence-corrected chi connectivity index (χ1v) is 14.1. The summed E-state index contributed by atoms with van der Waals surface area (Å²) in [4.78, 5) is 38.3. The van der Waals surface area contributed by atoms with Crippen LogP contribution >= 0.6 is 11.3 Å². The maximum Gasteiger partial charge on any atom is 0.301 e. The van der Waals surface area contributed by atoms with E-state index in [9.17, 15) is 14.7 Å². The molecule has 1 fully saturated rings. The highest BCUT2D eigenvalue weighted by Crippen LogP contribution is 2.45. The third-order valence-corrected chi connectivity index (χ3v) is 8.65. The summed E-state index contributed by atoms with van der Waals surface area (Å²) in [6, 6.07) is 16.2. The standard InChI is InChI=1S/C32H30N4O4S/c1-17-8-7-15-35-18(2)25(34-29(17)35)27(37)24-26(19-9-11-20(12-10-19)32(3,4)5)36(30(39)28(24)38)31-33-22-14-13-21(40-6)16-23(22)41-31/h7-16,26,37H,1-6H3/b27-24+. The number of carbonyl (C=O) groups excluding carboxylic acids is 2. The van der Waals surface area contributed by atoms with E-state index >= 15 is 0 Å². The first kappa shape index (κ1) is 26.7. The fourth-order valence-electron chi connectivity index (χ4n) is 5.31.